The first kappa shape index (κ1) is 20.4. The largest absolute Gasteiger partial charge is 0.326 e. The van der Waals surface area contributed by atoms with Crippen molar-refractivity contribution in [2.24, 2.45) is 11.8 Å². The van der Waals surface area contributed by atoms with Crippen molar-refractivity contribution in [2.45, 2.75) is 32.6 Å². The van der Waals surface area contributed by atoms with Gasteiger partial charge in [-0.3, -0.25) is 14.4 Å². The molecule has 2 N–H and O–H groups in total. The van der Waals surface area contributed by atoms with E-state index in [1.807, 2.05) is 25.1 Å². The highest BCUT2D eigenvalue weighted by atomic mass is 35.5. The molecule has 1 saturated carbocycles. The maximum atomic E-state index is 12.7. The minimum atomic E-state index is -0.453. The molecule has 0 spiro atoms. The molecule has 30 heavy (non-hydrogen) atoms. The van der Waals surface area contributed by atoms with Gasteiger partial charge in [0.25, 0.3) is 0 Å². The number of hydrogen-bond acceptors (Lipinski definition) is 3. The molecule has 4 rings (SSSR count). The Morgan fingerprint density at radius 3 is 2.37 bits per heavy atom. The molecule has 2 aromatic carbocycles. The van der Waals surface area contributed by atoms with Gasteiger partial charge in [-0.2, -0.15) is 0 Å². The van der Waals surface area contributed by atoms with Crippen LogP contribution in [0.3, 0.4) is 0 Å². The number of hydrogen-bond donors (Lipinski definition) is 2. The summed E-state index contributed by atoms with van der Waals surface area (Å²) in [4.78, 5) is 39.0. The predicted molar refractivity (Wildman–Crippen MR) is 118 cm³/mol. The van der Waals surface area contributed by atoms with E-state index in [9.17, 15) is 14.4 Å². The topological polar surface area (TPSA) is 78.5 Å². The zero-order chi connectivity index (χ0) is 21.3. The molecule has 6 nitrogen and oxygen atoms in total. The number of rotatable bonds is 5. The van der Waals surface area contributed by atoms with Crippen LogP contribution >= 0.6 is 11.6 Å². The highest BCUT2D eigenvalue weighted by Crippen LogP contribution is 2.30. The number of benzene rings is 2. The second kappa shape index (κ2) is 8.48. The van der Waals surface area contributed by atoms with Crippen LogP contribution in [0.2, 0.25) is 5.02 Å². The minimum Gasteiger partial charge on any atom is -0.326 e. The smallest absolute Gasteiger partial charge is 0.229 e. The van der Waals surface area contributed by atoms with Gasteiger partial charge in [-0.25, -0.2) is 0 Å². The molecule has 2 aliphatic rings. The van der Waals surface area contributed by atoms with Crippen LogP contribution in [0.5, 0.6) is 0 Å². The third kappa shape index (κ3) is 4.33. The third-order valence-electron chi connectivity index (χ3n) is 5.84. The van der Waals surface area contributed by atoms with Crippen molar-refractivity contribution in [3.8, 4) is 0 Å². The first-order valence-corrected chi connectivity index (χ1v) is 10.6. The molecule has 3 amide bonds. The lowest BCUT2D eigenvalue weighted by Crippen LogP contribution is -2.29. The number of halogens is 1. The molecule has 7 heteroatoms. The summed E-state index contributed by atoms with van der Waals surface area (Å²) < 4.78 is 0. The monoisotopic (exact) mass is 425 g/mol. The lowest BCUT2D eigenvalue weighted by Gasteiger charge is -2.24. The van der Waals surface area contributed by atoms with Gasteiger partial charge in [-0.1, -0.05) is 30.2 Å². The number of carbonyl (C=O) groups excluding carboxylic acids is 3. The Kier molecular flexibility index (Phi) is 5.77. The van der Waals surface area contributed by atoms with E-state index in [0.717, 1.165) is 24.8 Å². The van der Waals surface area contributed by atoms with Crippen LogP contribution in [0.15, 0.2) is 42.5 Å². The normalized spacial score (nSPS) is 18.8. The number of nitrogens with zero attached hydrogens (tertiary/aromatic N) is 1. The van der Waals surface area contributed by atoms with Crippen LogP contribution in [0.1, 0.15) is 31.2 Å². The second-order valence-corrected chi connectivity index (χ2v) is 8.43. The Morgan fingerprint density at radius 2 is 1.70 bits per heavy atom. The third-order valence-corrected chi connectivity index (χ3v) is 6.24. The zero-order valence-corrected chi connectivity index (χ0v) is 17.5. The van der Waals surface area contributed by atoms with Crippen molar-refractivity contribution in [3.05, 3.63) is 53.1 Å². The van der Waals surface area contributed by atoms with Crippen LogP contribution in [-0.2, 0) is 14.4 Å². The fourth-order valence-electron chi connectivity index (χ4n) is 3.71. The van der Waals surface area contributed by atoms with Crippen LogP contribution in [0, 0.1) is 18.8 Å². The van der Waals surface area contributed by atoms with Gasteiger partial charge in [0.15, 0.2) is 0 Å². The van der Waals surface area contributed by atoms with Gasteiger partial charge in [0, 0.05) is 41.0 Å². The molecule has 0 radical (unpaired) electrons. The summed E-state index contributed by atoms with van der Waals surface area (Å²) in [5.74, 6) is -0.656. The number of anilines is 3. The van der Waals surface area contributed by atoms with Crippen molar-refractivity contribution in [1.82, 2.24) is 0 Å². The maximum Gasteiger partial charge on any atom is 0.229 e. The Labute approximate surface area is 180 Å². The molecular weight excluding hydrogens is 402 g/mol. The summed E-state index contributed by atoms with van der Waals surface area (Å²) in [6.45, 7) is 2.19. The van der Waals surface area contributed by atoms with Crippen LogP contribution in [0.25, 0.3) is 0 Å². The average Bonchev–Trinajstić information content (AvgIpc) is 3.05. The molecule has 0 aromatic heterocycles. The van der Waals surface area contributed by atoms with E-state index >= 15 is 0 Å². The molecule has 1 aliphatic carbocycles. The summed E-state index contributed by atoms with van der Waals surface area (Å²) in [6, 6.07) is 12.6. The lowest BCUT2D eigenvalue weighted by molar-refractivity contribution is -0.122. The van der Waals surface area contributed by atoms with Crippen molar-refractivity contribution in [2.75, 3.05) is 22.1 Å². The van der Waals surface area contributed by atoms with Gasteiger partial charge in [0.05, 0.1) is 5.92 Å². The van der Waals surface area contributed by atoms with E-state index in [0.29, 0.717) is 28.6 Å². The summed E-state index contributed by atoms with van der Waals surface area (Å²) >= 11 is 6.12. The van der Waals surface area contributed by atoms with Gasteiger partial charge < -0.3 is 15.5 Å². The van der Waals surface area contributed by atoms with Crippen molar-refractivity contribution in [3.63, 3.8) is 0 Å². The Balaban J connectivity index is 1.41. The van der Waals surface area contributed by atoms with Crippen LogP contribution in [-0.4, -0.2) is 24.3 Å². The van der Waals surface area contributed by atoms with Gasteiger partial charge >= 0.3 is 0 Å². The number of aryl methyl sites for hydroxylation is 1. The summed E-state index contributed by atoms with van der Waals surface area (Å²) in [5, 5.41) is 6.36. The molecule has 2 aromatic rings. The quantitative estimate of drug-likeness (QED) is 0.746. The van der Waals surface area contributed by atoms with Crippen LogP contribution in [0.4, 0.5) is 17.1 Å². The molecule has 1 atom stereocenters. The predicted octanol–water partition coefficient (Wildman–Crippen LogP) is 4.38. The molecule has 0 bridgehead atoms. The second-order valence-electron chi connectivity index (χ2n) is 8.03. The Hall–Kier alpha value is -2.86. The highest BCUT2D eigenvalue weighted by Gasteiger charge is 2.35. The molecule has 1 heterocycles. The average molecular weight is 426 g/mol. The zero-order valence-electron chi connectivity index (χ0n) is 16.8. The van der Waals surface area contributed by atoms with Crippen molar-refractivity contribution >= 4 is 46.4 Å². The first-order chi connectivity index (χ1) is 14.4. The van der Waals surface area contributed by atoms with Crippen molar-refractivity contribution in [1.29, 1.82) is 0 Å². The molecular formula is C23H24ClN3O3. The van der Waals surface area contributed by atoms with Gasteiger partial charge in [-0.05, 0) is 55.7 Å². The lowest BCUT2D eigenvalue weighted by atomic mass is 9.85. The standard InChI is InChI=1S/C23H24ClN3O3/c1-14-8-9-18(12-20(14)24)26-23(30)16-10-21(28)27(13-16)19-7-3-6-17(11-19)25-22(29)15-4-2-5-15/h3,6-9,11-12,15-16H,2,4-5,10,13H2,1H3,(H,25,29)(H,26,30). The molecule has 156 valence electrons. The molecule has 2 fully saturated rings. The van der Waals surface area contributed by atoms with E-state index in [2.05, 4.69) is 10.6 Å². The molecule has 1 aliphatic heterocycles. The molecule has 1 unspecified atom stereocenters. The summed E-state index contributed by atoms with van der Waals surface area (Å²) in [7, 11) is 0. The maximum absolute atomic E-state index is 12.7. The Bertz CT molecular complexity index is 1000. The highest BCUT2D eigenvalue weighted by molar-refractivity contribution is 6.31. The minimum absolute atomic E-state index is 0.0279. The fourth-order valence-corrected chi connectivity index (χ4v) is 3.89. The fraction of sp³-hybridized carbons (Fsp3) is 0.348. The number of nitrogens with one attached hydrogen (secondary N) is 2. The summed E-state index contributed by atoms with van der Waals surface area (Å²) in [6.07, 6.45) is 3.10. The SMILES string of the molecule is Cc1ccc(NC(=O)C2CC(=O)N(c3cccc(NC(=O)C4CCC4)c3)C2)cc1Cl. The number of amides is 3. The van der Waals surface area contributed by atoms with E-state index in [1.165, 1.54) is 0 Å². The van der Waals surface area contributed by atoms with E-state index < -0.39 is 5.92 Å². The molecule has 1 saturated heterocycles. The number of carbonyl (C=O) groups is 3. The van der Waals surface area contributed by atoms with E-state index in [-0.39, 0.29) is 30.1 Å². The van der Waals surface area contributed by atoms with Crippen LogP contribution < -0.4 is 15.5 Å². The van der Waals surface area contributed by atoms with E-state index in [4.69, 9.17) is 11.6 Å². The van der Waals surface area contributed by atoms with Gasteiger partial charge in [0.1, 0.15) is 0 Å². The van der Waals surface area contributed by atoms with Gasteiger partial charge in [-0.15, -0.1) is 0 Å². The van der Waals surface area contributed by atoms with Gasteiger partial charge in [0.2, 0.25) is 17.7 Å². The Morgan fingerprint density at radius 1 is 1.00 bits per heavy atom. The first-order valence-electron chi connectivity index (χ1n) is 10.2. The summed E-state index contributed by atoms with van der Waals surface area (Å²) in [5.41, 5.74) is 2.89. The van der Waals surface area contributed by atoms with Crippen molar-refractivity contribution < 1.29 is 14.4 Å². The van der Waals surface area contributed by atoms with E-state index in [1.54, 1.807) is 29.2 Å².